The average Bonchev–Trinajstić information content (AvgIpc) is 4.10. The molecule has 0 aliphatic carbocycles. The maximum Gasteiger partial charge on any atom is 0.248 e. The van der Waals surface area contributed by atoms with Crippen molar-refractivity contribution in [2.45, 2.75) is 0 Å². The Morgan fingerprint density at radius 2 is 0.883 bits per heavy atom. The standard InChI is InChI=1S/C54H28BNO4/c1-5-16-46-32(10-1)36-21-20-30(24-50(36)57-46)56-44-28-52-40(35-13-4-7-18-48(35)59-52)26-43(44)55-42-25-39-34-12-3-6-17-47(34)58-51(39)27-38(42)41-22-29(23-45(56)53(41)55)31-14-9-15-37-33-11-2-8-19-49(33)60-54(31)37/h1-28H. The highest BCUT2D eigenvalue weighted by Gasteiger charge is 2.44. The summed E-state index contributed by atoms with van der Waals surface area (Å²) in [6.45, 7) is -0.0432. The maximum atomic E-state index is 6.70. The summed E-state index contributed by atoms with van der Waals surface area (Å²) < 4.78 is 26.5. The molecule has 5 nitrogen and oxygen atoms in total. The van der Waals surface area contributed by atoms with Gasteiger partial charge in [0, 0.05) is 77.8 Å². The molecule has 60 heavy (non-hydrogen) atoms. The molecule has 13 aromatic rings. The highest BCUT2D eigenvalue weighted by Crippen LogP contribution is 2.48. The topological polar surface area (TPSA) is 55.8 Å². The predicted molar refractivity (Wildman–Crippen MR) is 246 cm³/mol. The van der Waals surface area contributed by atoms with Gasteiger partial charge in [-0.1, -0.05) is 109 Å². The van der Waals surface area contributed by atoms with Gasteiger partial charge in [0.1, 0.15) is 44.7 Å². The molecule has 0 fully saturated rings. The van der Waals surface area contributed by atoms with E-state index in [0.29, 0.717) is 0 Å². The van der Waals surface area contributed by atoms with Crippen molar-refractivity contribution in [3.63, 3.8) is 0 Å². The minimum atomic E-state index is -0.0432. The van der Waals surface area contributed by atoms with Gasteiger partial charge in [-0.2, -0.15) is 0 Å². The minimum absolute atomic E-state index is 0.0432. The van der Waals surface area contributed by atoms with Crippen LogP contribution in [0.15, 0.2) is 188 Å². The van der Waals surface area contributed by atoms with Gasteiger partial charge >= 0.3 is 0 Å². The first-order valence-electron chi connectivity index (χ1n) is 20.4. The lowest BCUT2D eigenvalue weighted by molar-refractivity contribution is 0.668. The van der Waals surface area contributed by atoms with Crippen LogP contribution in [0.5, 0.6) is 0 Å². The van der Waals surface area contributed by atoms with E-state index in [4.69, 9.17) is 17.7 Å². The Kier molecular flexibility index (Phi) is 5.67. The summed E-state index contributed by atoms with van der Waals surface area (Å²) in [6, 6.07) is 60.5. The molecule has 0 atom stereocenters. The fourth-order valence-corrected chi connectivity index (χ4v) is 10.7. The van der Waals surface area contributed by atoms with Gasteiger partial charge in [0.05, 0.1) is 0 Å². The Balaban J connectivity index is 1.08. The predicted octanol–water partition coefficient (Wildman–Crippen LogP) is 13.2. The molecule has 0 unspecified atom stereocenters. The van der Waals surface area contributed by atoms with Crippen molar-refractivity contribution in [3.8, 4) is 22.3 Å². The van der Waals surface area contributed by atoms with Crippen molar-refractivity contribution >= 4 is 128 Å². The molecule has 0 spiro atoms. The van der Waals surface area contributed by atoms with E-state index in [2.05, 4.69) is 144 Å². The second kappa shape index (κ2) is 11.0. The van der Waals surface area contributed by atoms with Gasteiger partial charge in [-0.25, -0.2) is 0 Å². The first-order chi connectivity index (χ1) is 29.7. The van der Waals surface area contributed by atoms with Crippen LogP contribution in [-0.4, -0.2) is 6.71 Å². The molecule has 2 aliphatic heterocycles. The molecule has 0 saturated heterocycles. The van der Waals surface area contributed by atoms with Crippen LogP contribution in [0, 0.1) is 0 Å². The molecule has 15 rings (SSSR count). The van der Waals surface area contributed by atoms with Gasteiger partial charge < -0.3 is 22.6 Å². The van der Waals surface area contributed by atoms with Crippen LogP contribution < -0.4 is 21.3 Å². The Morgan fingerprint density at radius 1 is 0.333 bits per heavy atom. The summed E-state index contributed by atoms with van der Waals surface area (Å²) in [4.78, 5) is 2.43. The third-order valence-electron chi connectivity index (χ3n) is 13.3. The highest BCUT2D eigenvalue weighted by molar-refractivity contribution is 7.01. The van der Waals surface area contributed by atoms with Gasteiger partial charge in [0.15, 0.2) is 0 Å². The maximum absolute atomic E-state index is 6.70. The van der Waals surface area contributed by atoms with Gasteiger partial charge in [-0.05, 0) is 82.2 Å². The minimum Gasteiger partial charge on any atom is -0.456 e. The van der Waals surface area contributed by atoms with Gasteiger partial charge in [0.25, 0.3) is 0 Å². The summed E-state index contributed by atoms with van der Waals surface area (Å²) in [5.41, 5.74) is 18.4. The molecule has 0 radical (unpaired) electrons. The highest BCUT2D eigenvalue weighted by atomic mass is 16.3. The molecule has 276 valence electrons. The third-order valence-corrected chi connectivity index (χ3v) is 13.3. The molecular weight excluding hydrogens is 737 g/mol. The van der Waals surface area contributed by atoms with Crippen molar-refractivity contribution in [2.75, 3.05) is 4.90 Å². The van der Waals surface area contributed by atoms with Crippen molar-refractivity contribution in [1.29, 1.82) is 0 Å². The Hall–Kier alpha value is -7.96. The van der Waals surface area contributed by atoms with Crippen molar-refractivity contribution in [1.82, 2.24) is 0 Å². The lowest BCUT2D eigenvalue weighted by Gasteiger charge is -2.36. The first-order valence-corrected chi connectivity index (χ1v) is 20.4. The van der Waals surface area contributed by atoms with Crippen LogP contribution in [0.4, 0.5) is 17.1 Å². The van der Waals surface area contributed by atoms with E-state index in [1.54, 1.807) is 0 Å². The quantitative estimate of drug-likeness (QED) is 0.164. The third kappa shape index (κ3) is 3.93. The summed E-state index contributed by atoms with van der Waals surface area (Å²) >= 11 is 0. The van der Waals surface area contributed by atoms with Crippen LogP contribution in [0.1, 0.15) is 0 Å². The number of para-hydroxylation sites is 5. The monoisotopic (exact) mass is 765 g/mol. The molecule has 4 aromatic heterocycles. The zero-order chi connectivity index (χ0) is 38.8. The average molecular weight is 766 g/mol. The van der Waals surface area contributed by atoms with E-state index >= 15 is 0 Å². The Morgan fingerprint density at radius 3 is 1.58 bits per heavy atom. The summed E-state index contributed by atoms with van der Waals surface area (Å²) in [5.74, 6) is 0. The molecule has 6 heterocycles. The van der Waals surface area contributed by atoms with E-state index in [1.807, 2.05) is 30.3 Å². The van der Waals surface area contributed by atoms with E-state index in [9.17, 15) is 0 Å². The normalized spacial score (nSPS) is 13.3. The fraction of sp³-hybridized carbons (Fsp3) is 0. The fourth-order valence-electron chi connectivity index (χ4n) is 10.7. The van der Waals surface area contributed by atoms with Crippen LogP contribution in [0.25, 0.3) is 110 Å². The van der Waals surface area contributed by atoms with Gasteiger partial charge in [-0.3, -0.25) is 0 Å². The van der Waals surface area contributed by atoms with Crippen LogP contribution >= 0.6 is 0 Å². The number of fused-ring (bicyclic) bond motifs is 17. The van der Waals surface area contributed by atoms with Crippen LogP contribution in [-0.2, 0) is 0 Å². The summed E-state index contributed by atoms with van der Waals surface area (Å²) in [6.07, 6.45) is 0. The second-order valence-electron chi connectivity index (χ2n) is 16.3. The molecule has 6 heteroatoms. The lowest BCUT2D eigenvalue weighted by atomic mass is 9.37. The van der Waals surface area contributed by atoms with Gasteiger partial charge in [0.2, 0.25) is 6.71 Å². The number of nitrogens with zero attached hydrogens (tertiary/aromatic N) is 1. The van der Waals surface area contributed by atoms with E-state index in [-0.39, 0.29) is 6.71 Å². The van der Waals surface area contributed by atoms with Crippen LogP contribution in [0.3, 0.4) is 0 Å². The van der Waals surface area contributed by atoms with E-state index < -0.39 is 0 Å². The molecule has 9 aromatic carbocycles. The lowest BCUT2D eigenvalue weighted by Crippen LogP contribution is -2.54. The summed E-state index contributed by atoms with van der Waals surface area (Å²) in [7, 11) is 0. The van der Waals surface area contributed by atoms with E-state index in [1.165, 1.54) is 27.5 Å². The smallest absolute Gasteiger partial charge is 0.248 e. The second-order valence-corrected chi connectivity index (χ2v) is 16.3. The molecule has 0 N–H and O–H groups in total. The van der Waals surface area contributed by atoms with Crippen molar-refractivity contribution in [3.05, 3.63) is 170 Å². The Bertz CT molecular complexity index is 4050. The number of furan rings is 4. The number of hydrogen-bond donors (Lipinski definition) is 0. The summed E-state index contributed by atoms with van der Waals surface area (Å²) in [5, 5.41) is 8.88. The van der Waals surface area contributed by atoms with Crippen LogP contribution in [0.2, 0.25) is 0 Å². The largest absolute Gasteiger partial charge is 0.456 e. The molecule has 0 amide bonds. The molecule has 0 saturated carbocycles. The molecule has 0 bridgehead atoms. The zero-order valence-corrected chi connectivity index (χ0v) is 31.8. The first kappa shape index (κ1) is 31.1. The Labute approximate surface area is 341 Å². The van der Waals surface area contributed by atoms with E-state index in [0.717, 1.165) is 116 Å². The number of benzene rings is 9. The number of hydrogen-bond acceptors (Lipinski definition) is 5. The van der Waals surface area contributed by atoms with Crippen molar-refractivity contribution in [2.24, 2.45) is 0 Å². The zero-order valence-electron chi connectivity index (χ0n) is 31.8. The molecule has 2 aliphatic rings. The number of anilines is 3. The van der Waals surface area contributed by atoms with Crippen molar-refractivity contribution < 1.29 is 17.7 Å². The SMILES string of the molecule is c1ccc2c(c1)oc1cc(N3c4cc5oc6ccccc6c5cc4B4c5cc6c(cc5-c5cc(-c7cccc8c7oc7ccccc78)cc3c54)oc3ccccc36)ccc12. The van der Waals surface area contributed by atoms with Gasteiger partial charge in [-0.15, -0.1) is 0 Å². The number of rotatable bonds is 2. The molecular formula is C54H28BNO4.